The number of aryl methyl sites for hydroxylation is 1. The second kappa shape index (κ2) is 9.89. The fourth-order valence-electron chi connectivity index (χ4n) is 3.12. The van der Waals surface area contributed by atoms with E-state index in [-0.39, 0.29) is 12.5 Å². The zero-order valence-electron chi connectivity index (χ0n) is 17.3. The van der Waals surface area contributed by atoms with Crippen LogP contribution in [0.15, 0.2) is 67.3 Å². The Morgan fingerprint density at radius 2 is 1.84 bits per heavy atom. The van der Waals surface area contributed by atoms with Gasteiger partial charge in [-0.2, -0.15) is 10.2 Å². The number of carbonyl (C=O) groups is 1. The fraction of sp³-hybridized carbons (Fsp3) is 0.174. The molecule has 0 radical (unpaired) electrons. The monoisotopic (exact) mass is 469 g/mol. The number of carbonyl (C=O) groups excluding carboxylic acids is 1. The Morgan fingerprint density at radius 3 is 2.66 bits per heavy atom. The molecule has 0 aliphatic rings. The highest BCUT2D eigenvalue weighted by Gasteiger charge is 2.10. The van der Waals surface area contributed by atoms with Crippen LogP contribution >= 0.6 is 23.2 Å². The van der Waals surface area contributed by atoms with Crippen molar-refractivity contribution in [2.75, 3.05) is 5.32 Å². The van der Waals surface area contributed by atoms with Crippen LogP contribution < -0.4 is 10.1 Å². The van der Waals surface area contributed by atoms with E-state index in [9.17, 15) is 4.79 Å². The molecule has 0 bridgehead atoms. The van der Waals surface area contributed by atoms with Crippen LogP contribution in [0.5, 0.6) is 5.75 Å². The van der Waals surface area contributed by atoms with Gasteiger partial charge in [0.25, 0.3) is 5.91 Å². The van der Waals surface area contributed by atoms with Crippen LogP contribution in [0.2, 0.25) is 10.0 Å². The van der Waals surface area contributed by atoms with Gasteiger partial charge in [0, 0.05) is 30.1 Å². The molecule has 32 heavy (non-hydrogen) atoms. The summed E-state index contributed by atoms with van der Waals surface area (Å²) in [6, 6.07) is 12.4. The summed E-state index contributed by atoms with van der Waals surface area (Å²) in [4.78, 5) is 12.7. The Bertz CT molecular complexity index is 1230. The number of hydrogen-bond donors (Lipinski definition) is 1. The molecule has 4 aromatic rings. The van der Waals surface area contributed by atoms with Crippen LogP contribution in [-0.2, 0) is 19.7 Å². The third-order valence-electron chi connectivity index (χ3n) is 4.75. The van der Waals surface area contributed by atoms with Crippen molar-refractivity contribution in [3.8, 4) is 5.75 Å². The van der Waals surface area contributed by atoms with Gasteiger partial charge in [-0.25, -0.2) is 0 Å². The van der Waals surface area contributed by atoms with Gasteiger partial charge in [-0.15, -0.1) is 0 Å². The number of rotatable bonds is 8. The zero-order valence-corrected chi connectivity index (χ0v) is 18.8. The number of anilines is 1. The van der Waals surface area contributed by atoms with E-state index in [0.29, 0.717) is 33.6 Å². The first kappa shape index (κ1) is 21.9. The highest BCUT2D eigenvalue weighted by Crippen LogP contribution is 2.32. The summed E-state index contributed by atoms with van der Waals surface area (Å²) >= 11 is 12.2. The maximum atomic E-state index is 12.7. The van der Waals surface area contributed by atoms with Crippen LogP contribution in [-0.4, -0.2) is 25.5 Å². The summed E-state index contributed by atoms with van der Waals surface area (Å²) in [5.41, 5.74) is 3.00. The molecule has 9 heteroatoms. The molecule has 7 nitrogen and oxygen atoms in total. The van der Waals surface area contributed by atoms with E-state index in [2.05, 4.69) is 15.5 Å². The van der Waals surface area contributed by atoms with Gasteiger partial charge >= 0.3 is 0 Å². The molecule has 0 atom stereocenters. The van der Waals surface area contributed by atoms with E-state index in [1.807, 2.05) is 36.1 Å². The number of ether oxygens (including phenoxy) is 1. The number of halogens is 2. The predicted molar refractivity (Wildman–Crippen MR) is 124 cm³/mol. The van der Waals surface area contributed by atoms with Crippen LogP contribution in [0.25, 0.3) is 0 Å². The molecule has 1 N–H and O–H groups in total. The quantitative estimate of drug-likeness (QED) is 0.380. The first-order valence-corrected chi connectivity index (χ1v) is 10.8. The maximum absolute atomic E-state index is 12.7. The van der Waals surface area contributed by atoms with E-state index < -0.39 is 0 Å². The van der Waals surface area contributed by atoms with Crippen molar-refractivity contribution in [1.29, 1.82) is 0 Å². The Labute approximate surface area is 195 Å². The van der Waals surface area contributed by atoms with E-state index in [4.69, 9.17) is 27.9 Å². The lowest BCUT2D eigenvalue weighted by Gasteiger charge is -2.10. The van der Waals surface area contributed by atoms with E-state index in [1.54, 1.807) is 47.4 Å². The van der Waals surface area contributed by atoms with Crippen molar-refractivity contribution in [2.45, 2.75) is 26.6 Å². The second-order valence-electron chi connectivity index (χ2n) is 7.13. The van der Waals surface area contributed by atoms with Crippen LogP contribution in [0, 0.1) is 0 Å². The highest BCUT2D eigenvalue weighted by molar-refractivity contribution is 6.42. The van der Waals surface area contributed by atoms with Crippen molar-refractivity contribution in [3.05, 3.63) is 94.0 Å². The van der Waals surface area contributed by atoms with Crippen molar-refractivity contribution in [3.63, 3.8) is 0 Å². The third-order valence-corrected chi connectivity index (χ3v) is 5.55. The molecule has 2 heterocycles. The molecule has 2 aromatic carbocycles. The second-order valence-corrected chi connectivity index (χ2v) is 7.91. The minimum atomic E-state index is -0.231. The number of hydrogen-bond acceptors (Lipinski definition) is 4. The van der Waals surface area contributed by atoms with Crippen molar-refractivity contribution in [1.82, 2.24) is 19.6 Å². The number of nitrogens with zero attached hydrogens (tertiary/aromatic N) is 4. The average molecular weight is 470 g/mol. The molecular formula is C23H21Cl2N5O2. The van der Waals surface area contributed by atoms with Crippen molar-refractivity contribution < 1.29 is 9.53 Å². The van der Waals surface area contributed by atoms with Gasteiger partial charge in [-0.1, -0.05) is 41.4 Å². The van der Waals surface area contributed by atoms with E-state index in [1.165, 1.54) is 0 Å². The first-order chi connectivity index (χ1) is 15.5. The Morgan fingerprint density at radius 1 is 1.03 bits per heavy atom. The summed E-state index contributed by atoms with van der Waals surface area (Å²) in [5.74, 6) is 0.261. The molecular weight excluding hydrogens is 449 g/mol. The summed E-state index contributed by atoms with van der Waals surface area (Å²) in [6.45, 7) is 3.68. The fourth-order valence-corrected chi connectivity index (χ4v) is 3.47. The molecule has 0 aliphatic carbocycles. The van der Waals surface area contributed by atoms with Gasteiger partial charge in [0.2, 0.25) is 0 Å². The first-order valence-electron chi connectivity index (χ1n) is 10.0. The van der Waals surface area contributed by atoms with E-state index in [0.717, 1.165) is 17.7 Å². The number of amides is 1. The standard InChI is InChI=1S/C23H21Cl2N5O2/c1-2-29-12-17(10-26-29)13-30-14-19(11-27-30)28-23(31)18-6-3-5-16(9-18)15-32-21-8-4-7-20(24)22(21)25/h3-12,14H,2,13,15H2,1H3,(H,28,31). The summed E-state index contributed by atoms with van der Waals surface area (Å²) in [7, 11) is 0. The molecule has 0 spiro atoms. The zero-order chi connectivity index (χ0) is 22.5. The average Bonchev–Trinajstić information content (AvgIpc) is 3.44. The van der Waals surface area contributed by atoms with Gasteiger partial charge in [-0.05, 0) is 36.8 Å². The highest BCUT2D eigenvalue weighted by atomic mass is 35.5. The largest absolute Gasteiger partial charge is 0.487 e. The molecule has 1 amide bonds. The number of aromatic nitrogens is 4. The summed E-state index contributed by atoms with van der Waals surface area (Å²) < 4.78 is 9.37. The SMILES string of the molecule is CCn1cc(Cn2cc(NC(=O)c3cccc(COc4cccc(Cl)c4Cl)c3)cn2)cn1. The molecule has 0 fully saturated rings. The summed E-state index contributed by atoms with van der Waals surface area (Å²) in [5, 5.41) is 12.2. The molecule has 4 rings (SSSR count). The minimum absolute atomic E-state index is 0.231. The van der Waals surface area contributed by atoms with Gasteiger partial charge in [0.05, 0.1) is 29.6 Å². The maximum Gasteiger partial charge on any atom is 0.255 e. The van der Waals surface area contributed by atoms with E-state index >= 15 is 0 Å². The van der Waals surface area contributed by atoms with Crippen molar-refractivity contribution >= 4 is 34.8 Å². The topological polar surface area (TPSA) is 74.0 Å². The lowest BCUT2D eigenvalue weighted by Crippen LogP contribution is -2.12. The van der Waals surface area contributed by atoms with Gasteiger partial charge in [0.1, 0.15) is 17.4 Å². The normalized spacial score (nSPS) is 10.8. The predicted octanol–water partition coefficient (Wildman–Crippen LogP) is 5.29. The van der Waals surface area contributed by atoms with Gasteiger partial charge in [0.15, 0.2) is 0 Å². The lowest BCUT2D eigenvalue weighted by atomic mass is 10.1. The molecule has 0 aliphatic heterocycles. The number of nitrogens with one attached hydrogen (secondary N) is 1. The van der Waals surface area contributed by atoms with Crippen LogP contribution in [0.1, 0.15) is 28.4 Å². The summed E-state index contributed by atoms with van der Waals surface area (Å²) in [6.07, 6.45) is 7.20. The third kappa shape index (κ3) is 5.30. The molecule has 0 saturated carbocycles. The molecule has 0 unspecified atom stereocenters. The molecule has 2 aromatic heterocycles. The Hall–Kier alpha value is -3.29. The van der Waals surface area contributed by atoms with Crippen LogP contribution in [0.4, 0.5) is 5.69 Å². The Kier molecular flexibility index (Phi) is 6.78. The molecule has 0 saturated heterocycles. The van der Waals surface area contributed by atoms with Gasteiger partial charge < -0.3 is 10.1 Å². The smallest absolute Gasteiger partial charge is 0.255 e. The van der Waals surface area contributed by atoms with Crippen LogP contribution in [0.3, 0.4) is 0 Å². The van der Waals surface area contributed by atoms with Crippen molar-refractivity contribution in [2.24, 2.45) is 0 Å². The lowest BCUT2D eigenvalue weighted by molar-refractivity contribution is 0.102. The minimum Gasteiger partial charge on any atom is -0.487 e. The van der Waals surface area contributed by atoms with Gasteiger partial charge in [-0.3, -0.25) is 14.2 Å². The Balaban J connectivity index is 1.37. The molecule has 164 valence electrons. The number of benzene rings is 2.